The predicted octanol–water partition coefficient (Wildman–Crippen LogP) is 3.57. The molecule has 1 heterocycles. The summed E-state index contributed by atoms with van der Waals surface area (Å²) >= 11 is 0. The van der Waals surface area contributed by atoms with Crippen LogP contribution >= 0.6 is 0 Å². The lowest BCUT2D eigenvalue weighted by Crippen LogP contribution is -2.35. The smallest absolute Gasteiger partial charge is 0.273 e. The van der Waals surface area contributed by atoms with Crippen LogP contribution in [-0.4, -0.2) is 17.6 Å². The second-order valence-corrected chi connectivity index (χ2v) is 5.53. The Hall–Kier alpha value is -1.32. The van der Waals surface area contributed by atoms with Crippen molar-refractivity contribution in [3.8, 4) is 0 Å². The molecule has 4 heteroatoms. The Morgan fingerprint density at radius 2 is 1.95 bits per heavy atom. The molecule has 0 atom stereocenters. The number of aryl methyl sites for hydroxylation is 1. The molecule has 0 radical (unpaired) electrons. The largest absolute Gasteiger partial charge is 0.361 e. The maximum atomic E-state index is 12.0. The second kappa shape index (κ2) is 7.31. The van der Waals surface area contributed by atoms with E-state index in [1.165, 1.54) is 0 Å². The first-order valence-electron chi connectivity index (χ1n) is 7.28. The van der Waals surface area contributed by atoms with Crippen LogP contribution in [0.15, 0.2) is 10.6 Å². The average Bonchev–Trinajstić information content (AvgIpc) is 2.85. The van der Waals surface area contributed by atoms with Gasteiger partial charge in [-0.2, -0.15) is 0 Å². The van der Waals surface area contributed by atoms with Crippen LogP contribution in [0.2, 0.25) is 0 Å². The van der Waals surface area contributed by atoms with Crippen molar-refractivity contribution in [3.63, 3.8) is 0 Å². The summed E-state index contributed by atoms with van der Waals surface area (Å²) < 4.78 is 5.05. The highest BCUT2D eigenvalue weighted by atomic mass is 16.5. The first kappa shape index (κ1) is 15.7. The van der Waals surface area contributed by atoms with Gasteiger partial charge in [-0.25, -0.2) is 0 Å². The standard InChI is InChI=1S/C15H26N2O2/c1-5-8-15(4,9-6-2)11-16-14(18)13-10-12(7-3)19-17-13/h10H,5-9,11H2,1-4H3,(H,16,18). The molecule has 1 amide bonds. The minimum atomic E-state index is -0.137. The Kier molecular flexibility index (Phi) is 6.06. The van der Waals surface area contributed by atoms with Crippen molar-refractivity contribution in [2.45, 2.75) is 59.8 Å². The van der Waals surface area contributed by atoms with Gasteiger partial charge in [0.1, 0.15) is 5.76 Å². The molecule has 0 saturated heterocycles. The number of nitrogens with one attached hydrogen (secondary N) is 1. The van der Waals surface area contributed by atoms with Gasteiger partial charge in [0.25, 0.3) is 5.91 Å². The first-order chi connectivity index (χ1) is 9.04. The molecule has 0 aromatic carbocycles. The Balaban J connectivity index is 2.56. The van der Waals surface area contributed by atoms with E-state index in [4.69, 9.17) is 4.52 Å². The molecule has 0 aliphatic rings. The summed E-state index contributed by atoms with van der Waals surface area (Å²) in [5.41, 5.74) is 0.559. The molecule has 19 heavy (non-hydrogen) atoms. The number of amides is 1. The highest BCUT2D eigenvalue weighted by Gasteiger charge is 2.23. The molecule has 0 bridgehead atoms. The number of carbonyl (C=O) groups excluding carboxylic acids is 1. The van der Waals surface area contributed by atoms with Crippen molar-refractivity contribution < 1.29 is 9.32 Å². The highest BCUT2D eigenvalue weighted by Crippen LogP contribution is 2.28. The molecule has 0 aliphatic carbocycles. The van der Waals surface area contributed by atoms with Gasteiger partial charge in [0, 0.05) is 19.0 Å². The van der Waals surface area contributed by atoms with E-state index in [1.54, 1.807) is 6.07 Å². The van der Waals surface area contributed by atoms with E-state index < -0.39 is 0 Å². The van der Waals surface area contributed by atoms with Crippen LogP contribution in [0.1, 0.15) is 69.6 Å². The summed E-state index contributed by atoms with van der Waals surface area (Å²) in [6, 6.07) is 1.71. The zero-order valence-electron chi connectivity index (χ0n) is 12.6. The fraction of sp³-hybridized carbons (Fsp3) is 0.733. The molecule has 0 saturated carbocycles. The van der Waals surface area contributed by atoms with Crippen LogP contribution in [0, 0.1) is 5.41 Å². The van der Waals surface area contributed by atoms with Crippen LogP contribution in [0.4, 0.5) is 0 Å². The molecule has 1 N–H and O–H groups in total. The third-order valence-electron chi connectivity index (χ3n) is 3.52. The van der Waals surface area contributed by atoms with Gasteiger partial charge < -0.3 is 9.84 Å². The van der Waals surface area contributed by atoms with Gasteiger partial charge in [-0.1, -0.05) is 45.7 Å². The molecule has 0 spiro atoms. The first-order valence-corrected chi connectivity index (χ1v) is 7.28. The van der Waals surface area contributed by atoms with Crippen molar-refractivity contribution in [2.75, 3.05) is 6.54 Å². The fourth-order valence-corrected chi connectivity index (χ4v) is 2.48. The molecule has 108 valence electrons. The summed E-state index contributed by atoms with van der Waals surface area (Å²) in [6.07, 6.45) is 5.27. The van der Waals surface area contributed by atoms with E-state index in [-0.39, 0.29) is 11.3 Å². The normalized spacial score (nSPS) is 11.6. The van der Waals surface area contributed by atoms with Crippen molar-refractivity contribution in [1.82, 2.24) is 10.5 Å². The molecule has 1 aromatic rings. The molecule has 0 fully saturated rings. The number of aromatic nitrogens is 1. The Labute approximate surface area is 115 Å². The van der Waals surface area contributed by atoms with Crippen LogP contribution < -0.4 is 5.32 Å². The molecule has 4 nitrogen and oxygen atoms in total. The lowest BCUT2D eigenvalue weighted by Gasteiger charge is -2.29. The average molecular weight is 266 g/mol. The summed E-state index contributed by atoms with van der Waals surface area (Å²) in [6.45, 7) is 9.27. The van der Waals surface area contributed by atoms with Gasteiger partial charge in [-0.3, -0.25) is 4.79 Å². The number of rotatable bonds is 8. The van der Waals surface area contributed by atoms with E-state index >= 15 is 0 Å². The highest BCUT2D eigenvalue weighted by molar-refractivity contribution is 5.92. The number of hydrogen-bond donors (Lipinski definition) is 1. The van der Waals surface area contributed by atoms with Crippen LogP contribution in [0.5, 0.6) is 0 Å². The fourth-order valence-electron chi connectivity index (χ4n) is 2.48. The number of hydrogen-bond acceptors (Lipinski definition) is 3. The van der Waals surface area contributed by atoms with Crippen molar-refractivity contribution in [3.05, 3.63) is 17.5 Å². The van der Waals surface area contributed by atoms with Crippen LogP contribution in [0.25, 0.3) is 0 Å². The van der Waals surface area contributed by atoms with Crippen LogP contribution in [0.3, 0.4) is 0 Å². The van der Waals surface area contributed by atoms with Gasteiger partial charge >= 0.3 is 0 Å². The van der Waals surface area contributed by atoms with E-state index in [0.717, 1.165) is 37.9 Å². The molecule has 1 rings (SSSR count). The Bertz CT molecular complexity index is 393. The molecule has 0 unspecified atom stereocenters. The van der Waals surface area contributed by atoms with Crippen molar-refractivity contribution in [1.29, 1.82) is 0 Å². The van der Waals surface area contributed by atoms with E-state index in [9.17, 15) is 4.79 Å². The molecule has 1 aromatic heterocycles. The van der Waals surface area contributed by atoms with Crippen molar-refractivity contribution in [2.24, 2.45) is 5.41 Å². The summed E-state index contributed by atoms with van der Waals surface area (Å²) in [5, 5.41) is 6.78. The van der Waals surface area contributed by atoms with Crippen molar-refractivity contribution >= 4 is 5.91 Å². The third kappa shape index (κ3) is 4.69. The van der Waals surface area contributed by atoms with Crippen LogP contribution in [-0.2, 0) is 6.42 Å². The molecule has 0 aliphatic heterocycles. The summed E-state index contributed by atoms with van der Waals surface area (Å²) in [7, 11) is 0. The quantitative estimate of drug-likeness (QED) is 0.782. The lowest BCUT2D eigenvalue weighted by atomic mass is 9.81. The predicted molar refractivity (Wildman–Crippen MR) is 76.1 cm³/mol. The number of carbonyl (C=O) groups is 1. The zero-order valence-corrected chi connectivity index (χ0v) is 12.6. The van der Waals surface area contributed by atoms with Gasteiger partial charge in [0.05, 0.1) is 0 Å². The topological polar surface area (TPSA) is 55.1 Å². The van der Waals surface area contributed by atoms with E-state index in [2.05, 4.69) is 31.2 Å². The Morgan fingerprint density at radius 3 is 2.42 bits per heavy atom. The maximum Gasteiger partial charge on any atom is 0.273 e. The monoisotopic (exact) mass is 266 g/mol. The summed E-state index contributed by atoms with van der Waals surface area (Å²) in [4.78, 5) is 12.0. The van der Waals surface area contributed by atoms with E-state index in [0.29, 0.717) is 12.2 Å². The molecular formula is C15H26N2O2. The van der Waals surface area contributed by atoms with Gasteiger partial charge in [0.15, 0.2) is 5.69 Å². The van der Waals surface area contributed by atoms with Gasteiger partial charge in [-0.15, -0.1) is 0 Å². The minimum absolute atomic E-state index is 0.137. The zero-order chi connectivity index (χ0) is 14.3. The van der Waals surface area contributed by atoms with Gasteiger partial charge in [-0.05, 0) is 18.3 Å². The Morgan fingerprint density at radius 1 is 1.32 bits per heavy atom. The second-order valence-electron chi connectivity index (χ2n) is 5.53. The number of nitrogens with zero attached hydrogens (tertiary/aromatic N) is 1. The maximum absolute atomic E-state index is 12.0. The summed E-state index contributed by atoms with van der Waals surface area (Å²) in [5.74, 6) is 0.608. The third-order valence-corrected chi connectivity index (χ3v) is 3.52. The lowest BCUT2D eigenvalue weighted by molar-refractivity contribution is 0.0918. The van der Waals surface area contributed by atoms with E-state index in [1.807, 2.05) is 6.92 Å². The molecular weight excluding hydrogens is 240 g/mol. The SMILES string of the molecule is CCCC(C)(CCC)CNC(=O)c1cc(CC)on1. The minimum Gasteiger partial charge on any atom is -0.361 e. The van der Waals surface area contributed by atoms with Gasteiger partial charge in [0.2, 0.25) is 0 Å².